The predicted octanol–water partition coefficient (Wildman–Crippen LogP) is 1.29. The van der Waals surface area contributed by atoms with Gasteiger partial charge in [0.1, 0.15) is 23.8 Å². The lowest BCUT2D eigenvalue weighted by Crippen LogP contribution is -2.18. The molecule has 0 saturated heterocycles. The van der Waals surface area contributed by atoms with E-state index in [9.17, 15) is 9.90 Å². The third-order valence-corrected chi connectivity index (χ3v) is 4.03. The Morgan fingerprint density at radius 1 is 1.32 bits per heavy atom. The van der Waals surface area contributed by atoms with Crippen LogP contribution < -0.4 is 11.1 Å². The van der Waals surface area contributed by atoms with Crippen LogP contribution in [0.15, 0.2) is 41.1 Å². The van der Waals surface area contributed by atoms with Gasteiger partial charge in [0.2, 0.25) is 5.95 Å². The number of nitrogens with one attached hydrogen (secondary N) is 2. The Hall–Kier alpha value is -4.11. The molecule has 0 aliphatic carbocycles. The molecule has 0 aliphatic heterocycles. The van der Waals surface area contributed by atoms with Gasteiger partial charge >= 0.3 is 0 Å². The minimum absolute atomic E-state index is 0.0638. The van der Waals surface area contributed by atoms with E-state index in [0.717, 1.165) is 0 Å². The van der Waals surface area contributed by atoms with E-state index in [1.807, 2.05) is 26.0 Å². The maximum atomic E-state index is 11.1. The normalized spacial score (nSPS) is 12.0. The standard InChI is InChI=1S/C20H18N6O4.C3H9N/c1-20(29,17-9-13(10-27)30-26-17)6-4-12-2-3-14(15(21)11-28)16(8-12)24-18-5-7-23-19(22)25-18;1-4(2)3/h2-3,5,7-9,11,21,27,29H,10H2,1H3,(H3,22,23,24,25);1-3H3. The molecule has 0 saturated carbocycles. The molecule has 2 aromatic heterocycles. The fourth-order valence-electron chi connectivity index (χ4n) is 2.48. The van der Waals surface area contributed by atoms with Crippen LogP contribution in [0, 0.1) is 17.3 Å². The monoisotopic (exact) mass is 465 g/mol. The van der Waals surface area contributed by atoms with Gasteiger partial charge in [-0.15, -0.1) is 0 Å². The number of aromatic nitrogens is 3. The highest BCUT2D eigenvalue weighted by Crippen LogP contribution is 2.23. The molecule has 2 heterocycles. The van der Waals surface area contributed by atoms with Crippen LogP contribution in [0.25, 0.3) is 0 Å². The minimum Gasteiger partial charge on any atom is -0.388 e. The Morgan fingerprint density at radius 3 is 2.62 bits per heavy atom. The van der Waals surface area contributed by atoms with E-state index in [4.69, 9.17) is 20.8 Å². The molecule has 6 N–H and O–H groups in total. The summed E-state index contributed by atoms with van der Waals surface area (Å²) in [5.74, 6) is 6.17. The maximum Gasteiger partial charge on any atom is 0.221 e. The van der Waals surface area contributed by atoms with Crippen LogP contribution in [0.5, 0.6) is 0 Å². The van der Waals surface area contributed by atoms with Crippen molar-refractivity contribution in [3.8, 4) is 11.8 Å². The maximum absolute atomic E-state index is 11.1. The van der Waals surface area contributed by atoms with E-state index in [1.165, 1.54) is 19.2 Å². The second-order valence-electron chi connectivity index (χ2n) is 7.72. The van der Waals surface area contributed by atoms with Gasteiger partial charge in [-0.25, -0.2) is 4.98 Å². The molecule has 1 atom stereocenters. The van der Waals surface area contributed by atoms with Crippen molar-refractivity contribution >= 4 is 29.5 Å². The van der Waals surface area contributed by atoms with Crippen molar-refractivity contribution in [1.82, 2.24) is 20.0 Å². The van der Waals surface area contributed by atoms with Crippen molar-refractivity contribution in [2.75, 3.05) is 32.2 Å². The average molecular weight is 466 g/mol. The van der Waals surface area contributed by atoms with Crippen LogP contribution in [-0.4, -0.2) is 63.4 Å². The lowest BCUT2D eigenvalue weighted by atomic mass is 10.0. The first-order chi connectivity index (χ1) is 16.1. The number of hydrogen-bond acceptors (Lipinski definition) is 11. The fraction of sp³-hybridized carbons (Fsp3) is 0.261. The van der Waals surface area contributed by atoms with Gasteiger partial charge in [-0.1, -0.05) is 17.0 Å². The molecule has 11 heteroatoms. The van der Waals surface area contributed by atoms with Crippen molar-refractivity contribution in [3.63, 3.8) is 0 Å². The van der Waals surface area contributed by atoms with E-state index in [2.05, 4.69) is 32.3 Å². The summed E-state index contributed by atoms with van der Waals surface area (Å²) < 4.78 is 4.89. The van der Waals surface area contributed by atoms with Gasteiger partial charge in [0.05, 0.1) is 5.69 Å². The van der Waals surface area contributed by atoms with Gasteiger partial charge in [-0.2, -0.15) is 4.98 Å². The Morgan fingerprint density at radius 2 is 2.03 bits per heavy atom. The average Bonchev–Trinajstić information content (AvgIpc) is 3.28. The Kier molecular flexibility index (Phi) is 8.97. The summed E-state index contributed by atoms with van der Waals surface area (Å²) in [5.41, 5.74) is 5.13. The number of nitrogen functional groups attached to an aromatic ring is 1. The molecule has 0 amide bonds. The summed E-state index contributed by atoms with van der Waals surface area (Å²) >= 11 is 0. The highest BCUT2D eigenvalue weighted by molar-refractivity contribution is 6.36. The van der Waals surface area contributed by atoms with Crippen molar-refractivity contribution in [2.24, 2.45) is 0 Å². The summed E-state index contributed by atoms with van der Waals surface area (Å²) in [6.07, 6.45) is 1.89. The topological polar surface area (TPSA) is 174 Å². The van der Waals surface area contributed by atoms with E-state index in [0.29, 0.717) is 28.9 Å². The number of aliphatic hydroxyl groups is 2. The van der Waals surface area contributed by atoms with E-state index in [-0.39, 0.29) is 29.7 Å². The zero-order chi connectivity index (χ0) is 25.3. The van der Waals surface area contributed by atoms with Crippen LogP contribution in [0.2, 0.25) is 0 Å². The van der Waals surface area contributed by atoms with E-state index >= 15 is 0 Å². The molecule has 0 spiro atoms. The number of aliphatic hydroxyl groups excluding tert-OH is 1. The van der Waals surface area contributed by atoms with Crippen LogP contribution in [0.4, 0.5) is 17.5 Å². The number of carbonyl (C=O) groups excluding carboxylic acids is 1. The second-order valence-corrected chi connectivity index (χ2v) is 7.72. The van der Waals surface area contributed by atoms with Gasteiger partial charge in [0.15, 0.2) is 17.6 Å². The number of carbonyl (C=O) groups is 1. The molecule has 3 rings (SSSR count). The summed E-state index contributed by atoms with van der Waals surface area (Å²) in [5, 5.41) is 34.2. The smallest absolute Gasteiger partial charge is 0.221 e. The van der Waals surface area contributed by atoms with Gasteiger partial charge in [-0.3, -0.25) is 10.2 Å². The lowest BCUT2D eigenvalue weighted by molar-refractivity contribution is -0.102. The predicted molar refractivity (Wildman–Crippen MR) is 128 cm³/mol. The molecule has 0 bridgehead atoms. The van der Waals surface area contributed by atoms with Crippen molar-refractivity contribution in [2.45, 2.75) is 19.1 Å². The van der Waals surface area contributed by atoms with Gasteiger partial charge in [-0.05, 0) is 52.3 Å². The molecule has 0 radical (unpaired) electrons. The van der Waals surface area contributed by atoms with Crippen molar-refractivity contribution in [1.29, 1.82) is 5.41 Å². The largest absolute Gasteiger partial charge is 0.388 e. The lowest BCUT2D eigenvalue weighted by Gasteiger charge is -2.13. The minimum atomic E-state index is -1.63. The van der Waals surface area contributed by atoms with Crippen LogP contribution in [-0.2, 0) is 17.0 Å². The molecule has 178 valence electrons. The van der Waals surface area contributed by atoms with Gasteiger partial charge in [0.25, 0.3) is 0 Å². The third-order valence-electron chi connectivity index (χ3n) is 4.03. The van der Waals surface area contributed by atoms with Gasteiger partial charge < -0.3 is 30.7 Å². The number of benzene rings is 1. The fourth-order valence-corrected chi connectivity index (χ4v) is 2.48. The third kappa shape index (κ3) is 7.49. The molecule has 0 aliphatic rings. The first-order valence-electron chi connectivity index (χ1n) is 10.0. The molecular weight excluding hydrogens is 438 g/mol. The van der Waals surface area contributed by atoms with E-state index < -0.39 is 5.60 Å². The number of aldehydes is 1. The quantitative estimate of drug-likeness (QED) is 0.203. The number of anilines is 3. The number of rotatable bonds is 6. The Balaban J connectivity index is 0.000000945. The Labute approximate surface area is 197 Å². The van der Waals surface area contributed by atoms with Gasteiger partial charge in [0, 0.05) is 23.4 Å². The summed E-state index contributed by atoms with van der Waals surface area (Å²) in [6, 6.07) is 7.77. The molecule has 0 fully saturated rings. The molecule has 1 unspecified atom stereocenters. The summed E-state index contributed by atoms with van der Waals surface area (Å²) in [7, 11) is 6.00. The molecule has 11 nitrogen and oxygen atoms in total. The molecular formula is C23H27N7O4. The SMILES string of the molecule is CC(O)(C#Cc1ccc(C(=N)C=O)c(Nc2ccnc(N)n2)c1)c1cc(CO)on1.CN(C)C. The van der Waals surface area contributed by atoms with Crippen molar-refractivity contribution < 1.29 is 19.5 Å². The Bertz CT molecular complexity index is 1210. The number of nitrogens with two attached hydrogens (primary N) is 1. The highest BCUT2D eigenvalue weighted by Gasteiger charge is 2.25. The molecule has 1 aromatic carbocycles. The van der Waals surface area contributed by atoms with Crippen LogP contribution in [0.1, 0.15) is 29.5 Å². The van der Waals surface area contributed by atoms with Crippen molar-refractivity contribution in [3.05, 3.63) is 59.1 Å². The zero-order valence-corrected chi connectivity index (χ0v) is 19.3. The summed E-state index contributed by atoms with van der Waals surface area (Å²) in [4.78, 5) is 21.0. The van der Waals surface area contributed by atoms with Crippen LogP contribution in [0.3, 0.4) is 0 Å². The zero-order valence-electron chi connectivity index (χ0n) is 19.3. The van der Waals surface area contributed by atoms with E-state index in [1.54, 1.807) is 24.3 Å². The molecule has 34 heavy (non-hydrogen) atoms. The van der Waals surface area contributed by atoms with Crippen LogP contribution >= 0.6 is 0 Å². The summed E-state index contributed by atoms with van der Waals surface area (Å²) in [6.45, 7) is 1.10. The molecule has 3 aromatic rings. The first-order valence-corrected chi connectivity index (χ1v) is 10.0. The highest BCUT2D eigenvalue weighted by atomic mass is 16.5. The number of hydrogen-bond donors (Lipinski definition) is 5. The second kappa shape index (κ2) is 11.7. The first kappa shape index (κ1) is 26.1. The number of nitrogens with zero attached hydrogens (tertiary/aromatic N) is 4.